The fraction of sp³-hybridized carbons (Fsp3) is 0.0400. The highest BCUT2D eigenvalue weighted by atomic mass is 16.3. The van der Waals surface area contributed by atoms with Crippen LogP contribution >= 0.6 is 0 Å². The van der Waals surface area contributed by atoms with Crippen molar-refractivity contribution in [1.29, 1.82) is 0 Å². The van der Waals surface area contributed by atoms with E-state index < -0.39 is 0 Å². The van der Waals surface area contributed by atoms with Crippen molar-refractivity contribution in [2.24, 2.45) is 15.3 Å². The van der Waals surface area contributed by atoms with Gasteiger partial charge in [-0.05, 0) is 35.2 Å². The number of hydrogen-bond donors (Lipinski definition) is 2. The van der Waals surface area contributed by atoms with Gasteiger partial charge < -0.3 is 5.11 Å². The molecule has 1 amide bonds. The number of carbonyl (C=O) groups excluding carboxylic acids is 1. The Balaban J connectivity index is 1.46. The summed E-state index contributed by atoms with van der Waals surface area (Å²) in [5, 5.41) is 24.8. The molecule has 0 atom stereocenters. The van der Waals surface area contributed by atoms with Gasteiger partial charge in [0.05, 0.1) is 24.0 Å². The minimum Gasteiger partial charge on any atom is -0.507 e. The number of aromatic hydroxyl groups is 1. The van der Waals surface area contributed by atoms with Crippen molar-refractivity contribution in [3.05, 3.63) is 102 Å². The second kappa shape index (κ2) is 9.45. The van der Waals surface area contributed by atoms with Crippen molar-refractivity contribution in [2.75, 3.05) is 0 Å². The van der Waals surface area contributed by atoms with Crippen LogP contribution < -0.4 is 5.43 Å². The number of rotatable bonds is 6. The molecule has 6 nitrogen and oxygen atoms in total. The van der Waals surface area contributed by atoms with Gasteiger partial charge in [-0.3, -0.25) is 4.79 Å². The van der Waals surface area contributed by atoms with E-state index in [1.165, 1.54) is 12.3 Å². The van der Waals surface area contributed by atoms with Crippen LogP contribution in [0.4, 0.5) is 11.4 Å². The zero-order valence-corrected chi connectivity index (χ0v) is 16.6. The Bertz CT molecular complexity index is 1260. The molecule has 0 aliphatic carbocycles. The molecule has 152 valence electrons. The average molecular weight is 408 g/mol. The summed E-state index contributed by atoms with van der Waals surface area (Å²) in [6, 6.07) is 28.0. The number of phenolic OH excluding ortho intramolecular Hbond substituents is 1. The summed E-state index contributed by atoms with van der Waals surface area (Å²) in [7, 11) is 0. The summed E-state index contributed by atoms with van der Waals surface area (Å²) < 4.78 is 0. The third-order valence-corrected chi connectivity index (χ3v) is 4.65. The lowest BCUT2D eigenvalue weighted by Gasteiger charge is -2.02. The van der Waals surface area contributed by atoms with Crippen LogP contribution in [0.25, 0.3) is 10.8 Å². The maximum absolute atomic E-state index is 12.0. The highest BCUT2D eigenvalue weighted by molar-refractivity contribution is 5.92. The fourth-order valence-electron chi connectivity index (χ4n) is 3.11. The molecule has 4 rings (SSSR count). The van der Waals surface area contributed by atoms with Crippen molar-refractivity contribution in [3.63, 3.8) is 0 Å². The number of benzene rings is 4. The topological polar surface area (TPSA) is 86.4 Å². The Labute approximate surface area is 179 Å². The van der Waals surface area contributed by atoms with Crippen LogP contribution in [-0.2, 0) is 11.2 Å². The molecule has 0 radical (unpaired) electrons. The smallest absolute Gasteiger partial charge is 0.244 e. The maximum Gasteiger partial charge on any atom is 0.244 e. The largest absolute Gasteiger partial charge is 0.507 e. The van der Waals surface area contributed by atoms with Crippen LogP contribution in [0.2, 0.25) is 0 Å². The molecule has 0 bridgehead atoms. The summed E-state index contributed by atoms with van der Waals surface area (Å²) in [6.07, 6.45) is 1.61. The Morgan fingerprint density at radius 3 is 2.52 bits per heavy atom. The Morgan fingerprint density at radius 1 is 0.871 bits per heavy atom. The van der Waals surface area contributed by atoms with Crippen LogP contribution in [0.1, 0.15) is 11.1 Å². The summed E-state index contributed by atoms with van der Waals surface area (Å²) >= 11 is 0. The first-order chi connectivity index (χ1) is 15.2. The van der Waals surface area contributed by atoms with Crippen LogP contribution in [0.3, 0.4) is 0 Å². The van der Waals surface area contributed by atoms with Crippen molar-refractivity contribution in [3.8, 4) is 5.75 Å². The highest BCUT2D eigenvalue weighted by Crippen LogP contribution is 2.28. The number of hydrogen-bond acceptors (Lipinski definition) is 5. The van der Waals surface area contributed by atoms with Gasteiger partial charge in [0.25, 0.3) is 0 Å². The minimum atomic E-state index is -0.242. The zero-order valence-electron chi connectivity index (χ0n) is 16.6. The number of phenols is 1. The number of amides is 1. The van der Waals surface area contributed by atoms with E-state index in [0.29, 0.717) is 11.3 Å². The first-order valence-electron chi connectivity index (χ1n) is 9.77. The van der Waals surface area contributed by atoms with Gasteiger partial charge in [0.2, 0.25) is 5.91 Å². The predicted octanol–water partition coefficient (Wildman–Crippen LogP) is 5.65. The molecule has 31 heavy (non-hydrogen) atoms. The standard InChI is InChI=1S/C25H20N4O2/c30-24-14-13-21(27-28-23-12-6-10-19-9-4-5-11-22(19)23)16-20(24)17-26-29-25(31)15-18-7-2-1-3-8-18/h1-14,16-17,30H,15H2,(H,29,31). The molecule has 4 aromatic rings. The molecule has 0 saturated heterocycles. The molecular weight excluding hydrogens is 388 g/mol. The lowest BCUT2D eigenvalue weighted by molar-refractivity contribution is -0.120. The second-order valence-electron chi connectivity index (χ2n) is 6.90. The summed E-state index contributed by atoms with van der Waals surface area (Å²) in [5.41, 5.74) is 5.11. The Morgan fingerprint density at radius 2 is 1.65 bits per heavy atom. The molecule has 4 aromatic carbocycles. The molecule has 0 aromatic heterocycles. The normalized spacial score (nSPS) is 11.4. The van der Waals surface area contributed by atoms with E-state index in [1.807, 2.05) is 72.8 Å². The molecule has 0 aliphatic rings. The summed E-state index contributed by atoms with van der Waals surface area (Å²) in [5.74, 6) is -0.209. The van der Waals surface area contributed by atoms with Crippen molar-refractivity contribution >= 4 is 34.3 Å². The van der Waals surface area contributed by atoms with E-state index >= 15 is 0 Å². The van der Waals surface area contributed by atoms with E-state index in [1.54, 1.807) is 12.1 Å². The molecule has 0 saturated carbocycles. The summed E-state index contributed by atoms with van der Waals surface area (Å²) in [6.45, 7) is 0. The molecule has 0 aliphatic heterocycles. The van der Waals surface area contributed by atoms with Gasteiger partial charge in [0, 0.05) is 10.9 Å². The number of hydrazone groups is 1. The molecule has 0 fully saturated rings. The quantitative estimate of drug-likeness (QED) is 0.245. The first-order valence-corrected chi connectivity index (χ1v) is 9.77. The number of azo groups is 1. The maximum atomic E-state index is 12.0. The number of nitrogens with one attached hydrogen (secondary N) is 1. The molecule has 6 heteroatoms. The first kappa shape index (κ1) is 20.0. The van der Waals surface area contributed by atoms with Crippen molar-refractivity contribution in [2.45, 2.75) is 6.42 Å². The second-order valence-corrected chi connectivity index (χ2v) is 6.90. The van der Waals surface area contributed by atoms with E-state index in [2.05, 4.69) is 20.8 Å². The fourth-order valence-corrected chi connectivity index (χ4v) is 3.11. The number of carbonyl (C=O) groups is 1. The molecule has 0 unspecified atom stereocenters. The number of nitrogens with zero attached hydrogens (tertiary/aromatic N) is 3. The minimum absolute atomic E-state index is 0.0326. The van der Waals surface area contributed by atoms with Gasteiger partial charge in [-0.1, -0.05) is 66.7 Å². The van der Waals surface area contributed by atoms with Crippen LogP contribution in [0.5, 0.6) is 5.75 Å². The predicted molar refractivity (Wildman–Crippen MR) is 122 cm³/mol. The van der Waals surface area contributed by atoms with Crippen LogP contribution in [-0.4, -0.2) is 17.2 Å². The highest BCUT2D eigenvalue weighted by Gasteiger charge is 2.04. The van der Waals surface area contributed by atoms with E-state index in [0.717, 1.165) is 22.0 Å². The van der Waals surface area contributed by atoms with E-state index in [4.69, 9.17) is 0 Å². The van der Waals surface area contributed by atoms with Crippen molar-refractivity contribution in [1.82, 2.24) is 5.43 Å². The molecular formula is C25H20N4O2. The van der Waals surface area contributed by atoms with Crippen LogP contribution in [0, 0.1) is 0 Å². The lowest BCUT2D eigenvalue weighted by Crippen LogP contribution is -2.19. The van der Waals surface area contributed by atoms with E-state index in [9.17, 15) is 9.90 Å². The lowest BCUT2D eigenvalue weighted by atomic mass is 10.1. The average Bonchev–Trinajstić information content (AvgIpc) is 2.80. The molecule has 0 spiro atoms. The number of fused-ring (bicyclic) bond motifs is 1. The van der Waals surface area contributed by atoms with Crippen LogP contribution in [0.15, 0.2) is 106 Å². The molecule has 2 N–H and O–H groups in total. The third-order valence-electron chi connectivity index (χ3n) is 4.65. The third kappa shape index (κ3) is 5.19. The van der Waals surface area contributed by atoms with Gasteiger partial charge >= 0.3 is 0 Å². The van der Waals surface area contributed by atoms with Crippen molar-refractivity contribution < 1.29 is 9.90 Å². The zero-order chi connectivity index (χ0) is 21.5. The van der Waals surface area contributed by atoms with E-state index in [-0.39, 0.29) is 18.1 Å². The Kier molecular flexibility index (Phi) is 6.09. The van der Waals surface area contributed by atoms with Gasteiger partial charge in [-0.25, -0.2) is 5.43 Å². The monoisotopic (exact) mass is 408 g/mol. The Hall–Kier alpha value is -4.32. The summed E-state index contributed by atoms with van der Waals surface area (Å²) in [4.78, 5) is 12.0. The van der Waals surface area contributed by atoms with Gasteiger partial charge in [-0.15, -0.1) is 5.11 Å². The van der Waals surface area contributed by atoms with Gasteiger partial charge in [0.1, 0.15) is 5.75 Å². The molecule has 0 heterocycles. The van der Waals surface area contributed by atoms with Gasteiger partial charge in [0.15, 0.2) is 0 Å². The van der Waals surface area contributed by atoms with Gasteiger partial charge in [-0.2, -0.15) is 10.2 Å². The SMILES string of the molecule is O=C(Cc1ccccc1)NN=Cc1cc(N=Nc2cccc3ccccc23)ccc1O.